The summed E-state index contributed by atoms with van der Waals surface area (Å²) in [6.45, 7) is 0. The Hall–Kier alpha value is -2.37. The Bertz CT molecular complexity index is 534. The molecule has 0 radical (unpaired) electrons. The van der Waals surface area contributed by atoms with Gasteiger partial charge in [0.15, 0.2) is 5.69 Å². The number of aromatic nitrogens is 2. The maximum atomic E-state index is 12.9. The van der Waals surface area contributed by atoms with E-state index < -0.39 is 5.82 Å². The van der Waals surface area contributed by atoms with Crippen LogP contribution < -0.4 is 15.2 Å². The number of rotatable bonds is 3. The average Bonchev–Trinajstić information content (AvgIpc) is 2.32. The van der Waals surface area contributed by atoms with Gasteiger partial charge in [-0.15, -0.1) is 0 Å². The molecule has 17 heavy (non-hydrogen) atoms. The molecule has 0 unspecified atom stereocenters. The highest BCUT2D eigenvalue weighted by atomic mass is 19.1. The van der Waals surface area contributed by atoms with E-state index in [4.69, 9.17) is 15.2 Å². The maximum absolute atomic E-state index is 12.9. The Morgan fingerprint density at radius 3 is 2.71 bits per heavy atom. The fourth-order valence-corrected chi connectivity index (χ4v) is 1.25. The van der Waals surface area contributed by atoms with Crippen LogP contribution >= 0.6 is 0 Å². The highest BCUT2D eigenvalue weighted by Crippen LogP contribution is 2.30. The largest absolute Gasteiger partial charge is 0.479 e. The van der Waals surface area contributed by atoms with Crippen LogP contribution in [0.5, 0.6) is 17.5 Å². The lowest BCUT2D eigenvalue weighted by Crippen LogP contribution is -2.00. The van der Waals surface area contributed by atoms with Gasteiger partial charge in [-0.25, -0.2) is 4.39 Å². The number of benzene rings is 1. The lowest BCUT2D eigenvalue weighted by Gasteiger charge is -2.08. The molecule has 5 nitrogen and oxygen atoms in total. The van der Waals surface area contributed by atoms with Crippen molar-refractivity contribution in [2.24, 2.45) is 0 Å². The second kappa shape index (κ2) is 4.65. The summed E-state index contributed by atoms with van der Waals surface area (Å²) < 4.78 is 23.2. The molecule has 88 valence electrons. The molecular formula is C11H10FN3O2. The first kappa shape index (κ1) is 11.1. The topological polar surface area (TPSA) is 70.3 Å². The minimum atomic E-state index is -0.401. The molecule has 0 spiro atoms. The molecule has 0 saturated carbocycles. The van der Waals surface area contributed by atoms with Crippen molar-refractivity contribution < 1.29 is 13.9 Å². The zero-order valence-corrected chi connectivity index (χ0v) is 9.05. The van der Waals surface area contributed by atoms with E-state index >= 15 is 0 Å². The molecule has 2 N–H and O–H groups in total. The molecule has 1 aromatic heterocycles. The zero-order valence-electron chi connectivity index (χ0n) is 9.05. The highest BCUT2D eigenvalue weighted by Gasteiger charge is 2.10. The van der Waals surface area contributed by atoms with Gasteiger partial charge in [0.2, 0.25) is 11.8 Å². The van der Waals surface area contributed by atoms with Gasteiger partial charge in [0, 0.05) is 6.07 Å². The summed E-state index contributed by atoms with van der Waals surface area (Å²) in [6, 6.07) is 5.67. The van der Waals surface area contributed by atoms with Gasteiger partial charge in [0.1, 0.15) is 17.9 Å². The maximum Gasteiger partial charge on any atom is 0.249 e. The summed E-state index contributed by atoms with van der Waals surface area (Å²) in [5.41, 5.74) is 5.88. The Labute approximate surface area is 97.0 Å². The number of nitrogens with zero attached hydrogens (tertiary/aromatic N) is 2. The van der Waals surface area contributed by atoms with Gasteiger partial charge in [-0.3, -0.25) is 0 Å². The third-order valence-corrected chi connectivity index (χ3v) is 2.01. The number of hydrogen-bond donors (Lipinski definition) is 1. The van der Waals surface area contributed by atoms with Crippen molar-refractivity contribution in [1.29, 1.82) is 0 Å². The van der Waals surface area contributed by atoms with E-state index in [1.54, 1.807) is 6.07 Å². The molecule has 0 fully saturated rings. The summed E-state index contributed by atoms with van der Waals surface area (Å²) in [6.07, 6.45) is 1.25. The summed E-state index contributed by atoms with van der Waals surface area (Å²) in [5, 5.41) is 0. The van der Waals surface area contributed by atoms with Crippen molar-refractivity contribution in [3.63, 3.8) is 0 Å². The summed E-state index contributed by atoms with van der Waals surface area (Å²) in [4.78, 5) is 7.66. The molecule has 2 rings (SSSR count). The van der Waals surface area contributed by atoms with Gasteiger partial charge in [-0.1, -0.05) is 6.07 Å². The molecule has 1 aromatic carbocycles. The Balaban J connectivity index is 2.30. The zero-order chi connectivity index (χ0) is 12.3. The van der Waals surface area contributed by atoms with Gasteiger partial charge in [0.25, 0.3) is 0 Å². The van der Waals surface area contributed by atoms with Crippen molar-refractivity contribution in [1.82, 2.24) is 9.97 Å². The predicted octanol–water partition coefficient (Wildman–Crippen LogP) is 2.00. The first-order valence-corrected chi connectivity index (χ1v) is 4.78. The van der Waals surface area contributed by atoms with E-state index in [1.165, 1.54) is 31.6 Å². The number of nitrogen functional groups attached to an aromatic ring is 1. The van der Waals surface area contributed by atoms with E-state index in [0.717, 1.165) is 0 Å². The first-order chi connectivity index (χ1) is 8.20. The summed E-state index contributed by atoms with van der Waals surface area (Å²) in [7, 11) is 1.44. The lowest BCUT2D eigenvalue weighted by atomic mass is 10.3. The van der Waals surface area contributed by atoms with Crippen LogP contribution in [0.15, 0.2) is 30.6 Å². The van der Waals surface area contributed by atoms with Crippen LogP contribution in [0.1, 0.15) is 0 Å². The van der Waals surface area contributed by atoms with E-state index in [1.807, 2.05) is 0 Å². The molecule has 0 atom stereocenters. The average molecular weight is 235 g/mol. The van der Waals surface area contributed by atoms with E-state index in [2.05, 4.69) is 9.97 Å². The van der Waals surface area contributed by atoms with Gasteiger partial charge in [-0.05, 0) is 12.1 Å². The van der Waals surface area contributed by atoms with Crippen molar-refractivity contribution in [3.05, 3.63) is 36.4 Å². The normalized spacial score (nSPS) is 10.0. The van der Waals surface area contributed by atoms with E-state index in [-0.39, 0.29) is 17.4 Å². The second-order valence-corrected chi connectivity index (χ2v) is 3.16. The molecule has 0 aliphatic rings. The number of methoxy groups -OCH3 is 1. The predicted molar refractivity (Wildman–Crippen MR) is 59.5 cm³/mol. The molecule has 6 heteroatoms. The Morgan fingerprint density at radius 1 is 1.24 bits per heavy atom. The van der Waals surface area contributed by atoms with Crippen LogP contribution in [0.2, 0.25) is 0 Å². The SMILES string of the molecule is COc1ncnc(Oc2cccc(F)c2)c1N. The number of ether oxygens (including phenoxy) is 2. The molecule has 0 aliphatic heterocycles. The quantitative estimate of drug-likeness (QED) is 0.881. The monoisotopic (exact) mass is 235 g/mol. The van der Waals surface area contributed by atoms with Crippen molar-refractivity contribution in [2.45, 2.75) is 0 Å². The van der Waals surface area contributed by atoms with Crippen LogP contribution in [-0.2, 0) is 0 Å². The Morgan fingerprint density at radius 2 is 2.00 bits per heavy atom. The lowest BCUT2D eigenvalue weighted by molar-refractivity contribution is 0.391. The van der Waals surface area contributed by atoms with Crippen molar-refractivity contribution in [2.75, 3.05) is 12.8 Å². The fraction of sp³-hybridized carbons (Fsp3) is 0.0909. The number of anilines is 1. The van der Waals surface area contributed by atoms with Crippen molar-refractivity contribution in [3.8, 4) is 17.5 Å². The number of hydrogen-bond acceptors (Lipinski definition) is 5. The molecule has 0 saturated heterocycles. The standard InChI is InChI=1S/C11H10FN3O2/c1-16-10-9(13)11(15-6-14-10)17-8-4-2-3-7(12)5-8/h2-6H,13H2,1H3. The minimum Gasteiger partial charge on any atom is -0.479 e. The van der Waals surface area contributed by atoms with Crippen molar-refractivity contribution >= 4 is 5.69 Å². The molecule has 0 amide bonds. The van der Waals surface area contributed by atoms with E-state index in [0.29, 0.717) is 5.75 Å². The molecule has 0 aliphatic carbocycles. The molecule has 2 aromatic rings. The third-order valence-electron chi connectivity index (χ3n) is 2.01. The van der Waals surface area contributed by atoms with Crippen LogP contribution in [0.25, 0.3) is 0 Å². The minimum absolute atomic E-state index is 0.127. The van der Waals surface area contributed by atoms with Crippen LogP contribution in [0.4, 0.5) is 10.1 Å². The Kier molecular flexibility index (Phi) is 3.04. The van der Waals surface area contributed by atoms with Gasteiger partial charge >= 0.3 is 0 Å². The van der Waals surface area contributed by atoms with Gasteiger partial charge in [-0.2, -0.15) is 9.97 Å². The molecule has 0 bridgehead atoms. The number of nitrogens with two attached hydrogens (primary N) is 1. The van der Waals surface area contributed by atoms with Gasteiger partial charge in [0.05, 0.1) is 7.11 Å². The van der Waals surface area contributed by atoms with Crippen LogP contribution in [0, 0.1) is 5.82 Å². The molecule has 1 heterocycles. The third kappa shape index (κ3) is 2.41. The molecular weight excluding hydrogens is 225 g/mol. The summed E-state index contributed by atoms with van der Waals surface area (Å²) in [5.74, 6) is 0.244. The summed E-state index contributed by atoms with van der Waals surface area (Å²) >= 11 is 0. The fourth-order valence-electron chi connectivity index (χ4n) is 1.25. The number of halogens is 1. The van der Waals surface area contributed by atoms with Gasteiger partial charge < -0.3 is 15.2 Å². The highest BCUT2D eigenvalue weighted by molar-refractivity contribution is 5.56. The van der Waals surface area contributed by atoms with E-state index in [9.17, 15) is 4.39 Å². The first-order valence-electron chi connectivity index (χ1n) is 4.78. The second-order valence-electron chi connectivity index (χ2n) is 3.16. The van der Waals surface area contributed by atoms with Crippen LogP contribution in [0.3, 0.4) is 0 Å². The van der Waals surface area contributed by atoms with Crippen LogP contribution in [-0.4, -0.2) is 17.1 Å². The smallest absolute Gasteiger partial charge is 0.249 e.